The van der Waals surface area contributed by atoms with Crippen LogP contribution in [-0.2, 0) is 13.1 Å². The standard InChI is InChI=1S/C24H19FN4O2/c25-18-6-4-5-16(13-18)15-26-23(30)17-9-10-21-20(14-17)27-22-24(31)28(11-12-29(21)22)19-7-2-1-3-8-19/h1-10,13-14H,11-12,15H2,(H,26,30). The van der Waals surface area contributed by atoms with Crippen molar-refractivity contribution in [3.63, 3.8) is 0 Å². The lowest BCUT2D eigenvalue weighted by atomic mass is 10.1. The number of benzene rings is 3. The zero-order valence-corrected chi connectivity index (χ0v) is 16.6. The molecule has 0 atom stereocenters. The minimum Gasteiger partial charge on any atom is -0.348 e. The Kier molecular flexibility index (Phi) is 4.71. The van der Waals surface area contributed by atoms with Crippen molar-refractivity contribution in [2.24, 2.45) is 0 Å². The summed E-state index contributed by atoms with van der Waals surface area (Å²) < 4.78 is 15.2. The number of carbonyl (C=O) groups excluding carboxylic acids is 2. The molecular formula is C24H19FN4O2. The molecule has 0 unspecified atom stereocenters. The Bertz CT molecular complexity index is 1300. The van der Waals surface area contributed by atoms with Crippen LogP contribution in [-0.4, -0.2) is 27.9 Å². The van der Waals surface area contributed by atoms with E-state index in [0.29, 0.717) is 35.6 Å². The van der Waals surface area contributed by atoms with E-state index in [1.165, 1.54) is 12.1 Å². The number of rotatable bonds is 4. The largest absolute Gasteiger partial charge is 0.348 e. The van der Waals surface area contributed by atoms with Crippen molar-refractivity contribution in [2.75, 3.05) is 11.4 Å². The highest BCUT2D eigenvalue weighted by molar-refractivity contribution is 6.07. The summed E-state index contributed by atoms with van der Waals surface area (Å²) in [7, 11) is 0. The van der Waals surface area contributed by atoms with Gasteiger partial charge in [-0.3, -0.25) is 9.59 Å². The molecule has 154 valence electrons. The van der Waals surface area contributed by atoms with Crippen LogP contribution in [0, 0.1) is 5.82 Å². The number of aromatic nitrogens is 2. The van der Waals surface area contributed by atoms with E-state index in [1.54, 1.807) is 29.2 Å². The smallest absolute Gasteiger partial charge is 0.294 e. The third-order valence-electron chi connectivity index (χ3n) is 5.40. The number of imidazole rings is 1. The van der Waals surface area contributed by atoms with Crippen molar-refractivity contribution in [2.45, 2.75) is 13.1 Å². The third kappa shape index (κ3) is 3.54. The molecule has 1 aliphatic rings. The van der Waals surface area contributed by atoms with Gasteiger partial charge in [-0.15, -0.1) is 0 Å². The first-order valence-electron chi connectivity index (χ1n) is 10.00. The van der Waals surface area contributed by atoms with Crippen LogP contribution in [0.15, 0.2) is 72.8 Å². The number of nitrogens with one attached hydrogen (secondary N) is 1. The van der Waals surface area contributed by atoms with Gasteiger partial charge in [0.2, 0.25) is 5.82 Å². The zero-order chi connectivity index (χ0) is 21.4. The van der Waals surface area contributed by atoms with Crippen LogP contribution in [0.1, 0.15) is 26.5 Å². The van der Waals surface area contributed by atoms with Gasteiger partial charge < -0.3 is 14.8 Å². The van der Waals surface area contributed by atoms with Gasteiger partial charge in [0, 0.05) is 30.9 Å². The molecule has 2 heterocycles. The molecule has 1 aliphatic heterocycles. The van der Waals surface area contributed by atoms with Gasteiger partial charge >= 0.3 is 0 Å². The molecule has 3 aromatic carbocycles. The average Bonchev–Trinajstić information content (AvgIpc) is 3.17. The van der Waals surface area contributed by atoms with Gasteiger partial charge in [0.05, 0.1) is 11.0 Å². The number of carbonyl (C=O) groups is 2. The van der Waals surface area contributed by atoms with Gasteiger partial charge in [0.1, 0.15) is 5.82 Å². The van der Waals surface area contributed by atoms with Crippen LogP contribution in [0.3, 0.4) is 0 Å². The van der Waals surface area contributed by atoms with Crippen LogP contribution < -0.4 is 10.2 Å². The van der Waals surface area contributed by atoms with Crippen LogP contribution >= 0.6 is 0 Å². The van der Waals surface area contributed by atoms with E-state index >= 15 is 0 Å². The highest BCUT2D eigenvalue weighted by Crippen LogP contribution is 2.25. The molecule has 0 saturated heterocycles. The molecule has 5 rings (SSSR count). The normalized spacial score (nSPS) is 13.3. The summed E-state index contributed by atoms with van der Waals surface area (Å²) in [6, 6.07) is 20.8. The minimum atomic E-state index is -0.342. The summed E-state index contributed by atoms with van der Waals surface area (Å²) >= 11 is 0. The highest BCUT2D eigenvalue weighted by atomic mass is 19.1. The Hall–Kier alpha value is -4.00. The molecule has 31 heavy (non-hydrogen) atoms. The summed E-state index contributed by atoms with van der Waals surface area (Å²) in [6.07, 6.45) is 0. The maximum atomic E-state index is 13.3. The zero-order valence-electron chi connectivity index (χ0n) is 16.6. The number of halogens is 1. The van der Waals surface area contributed by atoms with E-state index < -0.39 is 0 Å². The van der Waals surface area contributed by atoms with Gasteiger partial charge in [0.25, 0.3) is 11.8 Å². The fourth-order valence-corrected chi connectivity index (χ4v) is 3.87. The first kappa shape index (κ1) is 19.0. The molecule has 7 heteroatoms. The fourth-order valence-electron chi connectivity index (χ4n) is 3.87. The van der Waals surface area contributed by atoms with Gasteiger partial charge in [-0.2, -0.15) is 0 Å². The topological polar surface area (TPSA) is 67.2 Å². The van der Waals surface area contributed by atoms with Crippen molar-refractivity contribution in [3.8, 4) is 0 Å². The van der Waals surface area contributed by atoms with E-state index in [4.69, 9.17) is 0 Å². The van der Waals surface area contributed by atoms with Crippen LogP contribution in [0.25, 0.3) is 11.0 Å². The number of hydrogen-bond donors (Lipinski definition) is 1. The molecular weight excluding hydrogens is 395 g/mol. The lowest BCUT2D eigenvalue weighted by Gasteiger charge is -2.27. The molecule has 0 radical (unpaired) electrons. The molecule has 0 saturated carbocycles. The van der Waals surface area contributed by atoms with Crippen LogP contribution in [0.2, 0.25) is 0 Å². The number of fused-ring (bicyclic) bond motifs is 3. The lowest BCUT2D eigenvalue weighted by molar-refractivity contribution is 0.0947. The van der Waals surface area contributed by atoms with Crippen molar-refractivity contribution in [1.82, 2.24) is 14.9 Å². The van der Waals surface area contributed by atoms with Crippen molar-refractivity contribution in [1.29, 1.82) is 0 Å². The Morgan fingerprint density at radius 3 is 2.65 bits per heavy atom. The summed E-state index contributed by atoms with van der Waals surface area (Å²) in [5.41, 5.74) is 3.36. The predicted molar refractivity (Wildman–Crippen MR) is 115 cm³/mol. The van der Waals surface area contributed by atoms with E-state index in [0.717, 1.165) is 11.2 Å². The van der Waals surface area contributed by atoms with Gasteiger partial charge in [-0.1, -0.05) is 30.3 Å². The van der Waals surface area contributed by atoms with Crippen molar-refractivity contribution in [3.05, 3.63) is 95.6 Å². The van der Waals surface area contributed by atoms with E-state index in [2.05, 4.69) is 10.3 Å². The first-order chi connectivity index (χ1) is 15.1. The lowest BCUT2D eigenvalue weighted by Crippen LogP contribution is -2.40. The monoisotopic (exact) mass is 414 g/mol. The summed E-state index contributed by atoms with van der Waals surface area (Å²) in [5.74, 6) is -0.423. The Balaban J connectivity index is 1.39. The number of para-hydroxylation sites is 1. The van der Waals surface area contributed by atoms with Crippen molar-refractivity contribution < 1.29 is 14.0 Å². The fraction of sp³-hybridized carbons (Fsp3) is 0.125. The number of amides is 2. The SMILES string of the molecule is O=C(NCc1cccc(F)c1)c1ccc2c(c1)nc1n2CCN(c2ccccc2)C1=O. The Morgan fingerprint density at radius 2 is 1.84 bits per heavy atom. The number of nitrogens with zero attached hydrogens (tertiary/aromatic N) is 3. The second kappa shape index (κ2) is 7.68. The third-order valence-corrected chi connectivity index (χ3v) is 5.40. The Morgan fingerprint density at radius 1 is 1.00 bits per heavy atom. The molecule has 1 aromatic heterocycles. The summed E-state index contributed by atoms with van der Waals surface area (Å²) in [6.45, 7) is 1.40. The molecule has 0 fully saturated rings. The second-order valence-corrected chi connectivity index (χ2v) is 7.40. The number of anilines is 1. The van der Waals surface area contributed by atoms with E-state index in [-0.39, 0.29) is 24.2 Å². The molecule has 0 bridgehead atoms. The highest BCUT2D eigenvalue weighted by Gasteiger charge is 2.29. The summed E-state index contributed by atoms with van der Waals surface area (Å²) in [5, 5.41) is 2.79. The Labute approximate surface area is 177 Å². The van der Waals surface area contributed by atoms with Gasteiger partial charge in [-0.25, -0.2) is 9.37 Å². The molecule has 1 N–H and O–H groups in total. The van der Waals surface area contributed by atoms with Crippen molar-refractivity contribution >= 4 is 28.5 Å². The maximum absolute atomic E-state index is 13.3. The van der Waals surface area contributed by atoms with Crippen LogP contribution in [0.4, 0.5) is 10.1 Å². The quantitative estimate of drug-likeness (QED) is 0.553. The summed E-state index contributed by atoms with van der Waals surface area (Å²) in [4.78, 5) is 31.8. The number of hydrogen-bond acceptors (Lipinski definition) is 3. The molecule has 0 aliphatic carbocycles. The maximum Gasteiger partial charge on any atom is 0.294 e. The van der Waals surface area contributed by atoms with E-state index in [9.17, 15) is 14.0 Å². The van der Waals surface area contributed by atoms with Gasteiger partial charge in [0.15, 0.2) is 0 Å². The molecule has 0 spiro atoms. The molecule has 2 amide bonds. The van der Waals surface area contributed by atoms with E-state index in [1.807, 2.05) is 41.0 Å². The second-order valence-electron chi connectivity index (χ2n) is 7.40. The minimum absolute atomic E-state index is 0.161. The predicted octanol–water partition coefficient (Wildman–Crippen LogP) is 3.77. The van der Waals surface area contributed by atoms with Crippen LogP contribution in [0.5, 0.6) is 0 Å². The first-order valence-corrected chi connectivity index (χ1v) is 10.00. The van der Waals surface area contributed by atoms with Gasteiger partial charge in [-0.05, 0) is 48.0 Å². The molecule has 4 aromatic rings. The molecule has 6 nitrogen and oxygen atoms in total. The average molecular weight is 414 g/mol.